The molecule has 5 heteroatoms. The molecule has 5 nitrogen and oxygen atoms in total. The second-order valence-electron chi connectivity index (χ2n) is 3.45. The minimum atomic E-state index is -0.708. The zero-order chi connectivity index (χ0) is 12.6. The molecular weight excluding hydrogens is 208 g/mol. The van der Waals surface area contributed by atoms with Crippen molar-refractivity contribution in [2.75, 3.05) is 6.61 Å². The first-order valence-electron chi connectivity index (χ1n) is 5.43. The fraction of sp³-hybridized carbons (Fsp3) is 0.727. The molecule has 1 amide bonds. The fourth-order valence-electron chi connectivity index (χ4n) is 1.18. The Morgan fingerprint density at radius 3 is 2.50 bits per heavy atom. The maximum absolute atomic E-state index is 11.5. The first-order chi connectivity index (χ1) is 7.56. The number of amides is 1. The van der Waals surface area contributed by atoms with Crippen molar-refractivity contribution in [2.24, 2.45) is 5.92 Å². The van der Waals surface area contributed by atoms with Crippen molar-refractivity contribution >= 4 is 11.9 Å². The Kier molecular flexibility index (Phi) is 6.93. The van der Waals surface area contributed by atoms with Gasteiger partial charge in [-0.3, -0.25) is 4.79 Å². The summed E-state index contributed by atoms with van der Waals surface area (Å²) in [6.07, 6.45) is 1.25. The summed E-state index contributed by atoms with van der Waals surface area (Å²) in [7, 11) is 0. The smallest absolute Gasteiger partial charge is 0.328 e. The fourth-order valence-corrected chi connectivity index (χ4v) is 1.18. The van der Waals surface area contributed by atoms with Crippen LogP contribution in [0.25, 0.3) is 0 Å². The van der Waals surface area contributed by atoms with E-state index >= 15 is 0 Å². The highest BCUT2D eigenvalue weighted by atomic mass is 16.5. The van der Waals surface area contributed by atoms with Crippen LogP contribution < -0.4 is 5.32 Å². The Morgan fingerprint density at radius 1 is 1.44 bits per heavy atom. The maximum atomic E-state index is 11.5. The lowest BCUT2D eigenvalue weighted by Gasteiger charge is -2.14. The molecule has 16 heavy (non-hydrogen) atoms. The van der Waals surface area contributed by atoms with E-state index in [0.717, 1.165) is 6.42 Å². The third kappa shape index (κ3) is 4.78. The van der Waals surface area contributed by atoms with Crippen molar-refractivity contribution in [3.05, 3.63) is 0 Å². The summed E-state index contributed by atoms with van der Waals surface area (Å²) in [6, 6.07) is 1.21. The monoisotopic (exact) mass is 226 g/mol. The maximum Gasteiger partial charge on any atom is 0.328 e. The summed E-state index contributed by atoms with van der Waals surface area (Å²) in [5.41, 5.74) is 0. The average molecular weight is 226 g/mol. The van der Waals surface area contributed by atoms with E-state index in [0.29, 0.717) is 6.42 Å². The summed E-state index contributed by atoms with van der Waals surface area (Å²) in [4.78, 5) is 22.8. The van der Waals surface area contributed by atoms with Crippen LogP contribution in [0.4, 0.5) is 0 Å². The number of hydrogen-bond donors (Lipinski definition) is 1. The van der Waals surface area contributed by atoms with Crippen LogP contribution >= 0.6 is 0 Å². The van der Waals surface area contributed by atoms with Crippen molar-refractivity contribution in [1.29, 1.82) is 5.26 Å². The topological polar surface area (TPSA) is 79.2 Å². The summed E-state index contributed by atoms with van der Waals surface area (Å²) in [5.74, 6) is -1.59. The molecule has 0 rings (SSSR count). The molecule has 0 radical (unpaired) electrons. The third-order valence-electron chi connectivity index (χ3n) is 2.05. The predicted molar refractivity (Wildman–Crippen MR) is 58.2 cm³/mol. The van der Waals surface area contributed by atoms with Crippen LogP contribution in [0, 0.1) is 17.2 Å². The average Bonchev–Trinajstić information content (AvgIpc) is 2.25. The first-order valence-corrected chi connectivity index (χ1v) is 5.43. The van der Waals surface area contributed by atoms with Crippen LogP contribution in [0.1, 0.15) is 33.6 Å². The van der Waals surface area contributed by atoms with Gasteiger partial charge in [0.05, 0.1) is 12.7 Å². The second-order valence-corrected chi connectivity index (χ2v) is 3.45. The van der Waals surface area contributed by atoms with Gasteiger partial charge in [-0.15, -0.1) is 0 Å². The number of nitrogens with zero attached hydrogens (tertiary/aromatic N) is 1. The Hall–Kier alpha value is -1.57. The molecule has 0 spiro atoms. The summed E-state index contributed by atoms with van der Waals surface area (Å²) < 4.78 is 4.74. The van der Waals surface area contributed by atoms with Crippen molar-refractivity contribution in [2.45, 2.75) is 39.7 Å². The number of carbonyl (C=O) groups is 2. The van der Waals surface area contributed by atoms with Gasteiger partial charge in [0.2, 0.25) is 5.91 Å². The minimum Gasteiger partial charge on any atom is -0.464 e. The molecule has 0 aromatic rings. The Bertz CT molecular complexity index is 283. The molecule has 0 fully saturated rings. The van der Waals surface area contributed by atoms with Gasteiger partial charge in [-0.05, 0) is 20.3 Å². The van der Waals surface area contributed by atoms with E-state index in [1.54, 1.807) is 6.92 Å². The van der Waals surface area contributed by atoms with E-state index in [9.17, 15) is 9.59 Å². The summed E-state index contributed by atoms with van der Waals surface area (Å²) in [6.45, 7) is 5.40. The molecule has 2 unspecified atom stereocenters. The van der Waals surface area contributed by atoms with E-state index in [-0.39, 0.29) is 6.61 Å². The highest BCUT2D eigenvalue weighted by Crippen LogP contribution is 2.05. The molecular formula is C11H18N2O3. The third-order valence-corrected chi connectivity index (χ3v) is 2.05. The van der Waals surface area contributed by atoms with Crippen molar-refractivity contribution in [1.82, 2.24) is 5.32 Å². The number of carbonyl (C=O) groups excluding carboxylic acids is 2. The van der Waals surface area contributed by atoms with Gasteiger partial charge in [-0.2, -0.15) is 5.26 Å². The zero-order valence-electron chi connectivity index (χ0n) is 9.95. The lowest BCUT2D eigenvalue weighted by atomic mass is 10.0. The van der Waals surface area contributed by atoms with Gasteiger partial charge in [0.25, 0.3) is 0 Å². The highest BCUT2D eigenvalue weighted by molar-refractivity contribution is 5.86. The van der Waals surface area contributed by atoms with Crippen LogP contribution in [0.2, 0.25) is 0 Å². The van der Waals surface area contributed by atoms with E-state index < -0.39 is 23.8 Å². The standard InChI is InChI=1S/C11H18N2O3/c1-4-6-9(7-12)10(14)13-8(3)11(15)16-5-2/h8-9H,4-6H2,1-3H3,(H,13,14). The number of nitriles is 1. The zero-order valence-corrected chi connectivity index (χ0v) is 9.95. The minimum absolute atomic E-state index is 0.273. The molecule has 0 bridgehead atoms. The first kappa shape index (κ1) is 14.4. The molecule has 0 saturated carbocycles. The quantitative estimate of drug-likeness (QED) is 0.685. The molecule has 0 aromatic heterocycles. The molecule has 90 valence electrons. The lowest BCUT2D eigenvalue weighted by molar-refractivity contribution is -0.147. The van der Waals surface area contributed by atoms with Gasteiger partial charge < -0.3 is 10.1 Å². The molecule has 0 aliphatic heterocycles. The van der Waals surface area contributed by atoms with Crippen LogP contribution in [-0.2, 0) is 14.3 Å². The number of esters is 1. The van der Waals surface area contributed by atoms with Crippen molar-refractivity contribution in [3.63, 3.8) is 0 Å². The largest absolute Gasteiger partial charge is 0.464 e. The molecule has 2 atom stereocenters. The highest BCUT2D eigenvalue weighted by Gasteiger charge is 2.22. The van der Waals surface area contributed by atoms with Crippen LogP contribution in [0.3, 0.4) is 0 Å². The second kappa shape index (κ2) is 7.69. The summed E-state index contributed by atoms with van der Waals surface area (Å²) in [5, 5.41) is 11.2. The number of rotatable bonds is 6. The molecule has 0 aliphatic rings. The van der Waals surface area contributed by atoms with Gasteiger partial charge in [-0.1, -0.05) is 13.3 Å². The van der Waals surface area contributed by atoms with Gasteiger partial charge in [0.1, 0.15) is 12.0 Å². The van der Waals surface area contributed by atoms with Crippen LogP contribution in [0.15, 0.2) is 0 Å². The Labute approximate surface area is 95.8 Å². The molecule has 1 N–H and O–H groups in total. The van der Waals surface area contributed by atoms with Gasteiger partial charge >= 0.3 is 5.97 Å². The Balaban J connectivity index is 4.22. The SMILES string of the molecule is CCCC(C#N)C(=O)NC(C)C(=O)OCC. The van der Waals surface area contributed by atoms with E-state index in [1.807, 2.05) is 13.0 Å². The number of hydrogen-bond acceptors (Lipinski definition) is 4. The molecule has 0 aromatic carbocycles. The van der Waals surface area contributed by atoms with E-state index in [4.69, 9.17) is 10.00 Å². The van der Waals surface area contributed by atoms with Gasteiger partial charge in [0.15, 0.2) is 0 Å². The number of nitrogens with one attached hydrogen (secondary N) is 1. The molecule has 0 saturated heterocycles. The van der Waals surface area contributed by atoms with Gasteiger partial charge in [-0.25, -0.2) is 4.79 Å². The number of ether oxygens (including phenoxy) is 1. The summed E-state index contributed by atoms with van der Waals surface area (Å²) >= 11 is 0. The van der Waals surface area contributed by atoms with Crippen LogP contribution in [-0.4, -0.2) is 24.5 Å². The Morgan fingerprint density at radius 2 is 2.06 bits per heavy atom. The molecule has 0 aliphatic carbocycles. The van der Waals surface area contributed by atoms with Crippen molar-refractivity contribution in [3.8, 4) is 6.07 Å². The van der Waals surface area contributed by atoms with Gasteiger partial charge in [0, 0.05) is 0 Å². The van der Waals surface area contributed by atoms with E-state index in [2.05, 4.69) is 5.32 Å². The van der Waals surface area contributed by atoms with E-state index in [1.165, 1.54) is 6.92 Å². The lowest BCUT2D eigenvalue weighted by Crippen LogP contribution is -2.42. The van der Waals surface area contributed by atoms with Crippen molar-refractivity contribution < 1.29 is 14.3 Å². The normalized spacial score (nSPS) is 13.4. The molecule has 0 heterocycles. The predicted octanol–water partition coefficient (Wildman–Crippen LogP) is 0.994. The van der Waals surface area contributed by atoms with Crippen LogP contribution in [0.5, 0.6) is 0 Å².